The van der Waals surface area contributed by atoms with E-state index in [4.69, 9.17) is 9.47 Å². The van der Waals surface area contributed by atoms with E-state index in [9.17, 15) is 0 Å². The van der Waals surface area contributed by atoms with Crippen LogP contribution >= 0.6 is 15.9 Å². The van der Waals surface area contributed by atoms with Crippen molar-refractivity contribution in [1.29, 1.82) is 0 Å². The molecular formula is C13H18BrNO2. The maximum absolute atomic E-state index is 5.56. The van der Waals surface area contributed by atoms with E-state index in [1.54, 1.807) is 0 Å². The first-order valence-electron chi connectivity index (χ1n) is 5.91. The third kappa shape index (κ3) is 4.07. The van der Waals surface area contributed by atoms with Gasteiger partial charge in [0.25, 0.3) is 0 Å². The van der Waals surface area contributed by atoms with Crippen LogP contribution in [0.2, 0.25) is 0 Å². The minimum absolute atomic E-state index is 0.192. The SMILES string of the molecule is Cc1ccc(CNCC2COCCO2)cc1Br. The van der Waals surface area contributed by atoms with E-state index in [-0.39, 0.29) is 6.10 Å². The van der Waals surface area contributed by atoms with Crippen molar-refractivity contribution in [2.24, 2.45) is 0 Å². The van der Waals surface area contributed by atoms with Crippen LogP contribution in [0, 0.1) is 6.92 Å². The lowest BCUT2D eigenvalue weighted by molar-refractivity contribution is -0.0864. The van der Waals surface area contributed by atoms with E-state index in [1.165, 1.54) is 11.1 Å². The van der Waals surface area contributed by atoms with Gasteiger partial charge in [-0.2, -0.15) is 0 Å². The minimum Gasteiger partial charge on any atom is -0.376 e. The second kappa shape index (κ2) is 6.50. The topological polar surface area (TPSA) is 30.5 Å². The van der Waals surface area contributed by atoms with Crippen LogP contribution in [0.1, 0.15) is 11.1 Å². The molecule has 0 radical (unpaired) electrons. The summed E-state index contributed by atoms with van der Waals surface area (Å²) >= 11 is 3.54. The highest BCUT2D eigenvalue weighted by molar-refractivity contribution is 9.10. The maximum atomic E-state index is 5.56. The third-order valence-electron chi connectivity index (χ3n) is 2.82. The molecule has 1 aromatic rings. The molecule has 0 saturated carbocycles. The highest BCUT2D eigenvalue weighted by Gasteiger charge is 2.13. The highest BCUT2D eigenvalue weighted by atomic mass is 79.9. The Hall–Kier alpha value is -0.420. The van der Waals surface area contributed by atoms with Crippen LogP contribution in [-0.4, -0.2) is 32.5 Å². The zero-order valence-electron chi connectivity index (χ0n) is 10.0. The first-order valence-corrected chi connectivity index (χ1v) is 6.70. The van der Waals surface area contributed by atoms with Crippen LogP contribution in [-0.2, 0) is 16.0 Å². The van der Waals surface area contributed by atoms with Crippen molar-refractivity contribution in [3.8, 4) is 0 Å². The molecule has 0 aliphatic carbocycles. The number of ether oxygens (including phenoxy) is 2. The standard InChI is InChI=1S/C13H18BrNO2/c1-10-2-3-11(6-13(10)14)7-15-8-12-9-16-4-5-17-12/h2-3,6,12,15H,4-5,7-9H2,1H3. The first kappa shape index (κ1) is 13.0. The van der Waals surface area contributed by atoms with Gasteiger partial charge in [0.05, 0.1) is 25.9 Å². The molecule has 1 aromatic carbocycles. The van der Waals surface area contributed by atoms with E-state index in [0.29, 0.717) is 13.2 Å². The van der Waals surface area contributed by atoms with Crippen molar-refractivity contribution in [3.63, 3.8) is 0 Å². The van der Waals surface area contributed by atoms with Crippen LogP contribution in [0.15, 0.2) is 22.7 Å². The normalized spacial score (nSPS) is 20.5. The fourth-order valence-electron chi connectivity index (χ4n) is 1.78. The molecule has 0 amide bonds. The Balaban J connectivity index is 1.75. The van der Waals surface area contributed by atoms with Crippen molar-refractivity contribution < 1.29 is 9.47 Å². The largest absolute Gasteiger partial charge is 0.376 e. The summed E-state index contributed by atoms with van der Waals surface area (Å²) in [5.74, 6) is 0. The van der Waals surface area contributed by atoms with Crippen molar-refractivity contribution in [2.75, 3.05) is 26.4 Å². The van der Waals surface area contributed by atoms with E-state index < -0.39 is 0 Å². The molecule has 1 saturated heterocycles. The molecule has 0 aromatic heterocycles. The summed E-state index contributed by atoms with van der Waals surface area (Å²) in [6.07, 6.45) is 0.192. The summed E-state index contributed by atoms with van der Waals surface area (Å²) in [6.45, 7) is 5.92. The van der Waals surface area contributed by atoms with E-state index in [2.05, 4.69) is 46.4 Å². The number of benzene rings is 1. The molecule has 94 valence electrons. The van der Waals surface area contributed by atoms with Crippen molar-refractivity contribution in [2.45, 2.75) is 19.6 Å². The van der Waals surface area contributed by atoms with Gasteiger partial charge in [0, 0.05) is 17.6 Å². The Morgan fingerprint density at radius 1 is 1.41 bits per heavy atom. The number of nitrogens with one attached hydrogen (secondary N) is 1. The Labute approximate surface area is 111 Å². The molecular weight excluding hydrogens is 282 g/mol. The van der Waals surface area contributed by atoms with Crippen molar-refractivity contribution in [3.05, 3.63) is 33.8 Å². The average molecular weight is 300 g/mol. The molecule has 3 nitrogen and oxygen atoms in total. The van der Waals surface area contributed by atoms with Gasteiger partial charge in [-0.3, -0.25) is 0 Å². The fourth-order valence-corrected chi connectivity index (χ4v) is 2.20. The molecule has 1 N–H and O–H groups in total. The quantitative estimate of drug-likeness (QED) is 0.925. The van der Waals surface area contributed by atoms with E-state index in [0.717, 1.165) is 24.2 Å². The Morgan fingerprint density at radius 3 is 3.00 bits per heavy atom. The van der Waals surface area contributed by atoms with Gasteiger partial charge in [0.1, 0.15) is 0 Å². The van der Waals surface area contributed by atoms with Gasteiger partial charge >= 0.3 is 0 Å². The lowest BCUT2D eigenvalue weighted by Gasteiger charge is -2.23. The van der Waals surface area contributed by atoms with Crippen LogP contribution in [0.25, 0.3) is 0 Å². The molecule has 1 aliphatic rings. The highest BCUT2D eigenvalue weighted by Crippen LogP contribution is 2.17. The second-order valence-electron chi connectivity index (χ2n) is 4.28. The first-order chi connectivity index (χ1) is 8.25. The summed E-state index contributed by atoms with van der Waals surface area (Å²) in [5.41, 5.74) is 2.54. The summed E-state index contributed by atoms with van der Waals surface area (Å²) < 4.78 is 12.1. The third-order valence-corrected chi connectivity index (χ3v) is 3.68. The predicted octanol–water partition coefficient (Wildman–Crippen LogP) is 2.26. The van der Waals surface area contributed by atoms with E-state index >= 15 is 0 Å². The Bertz CT molecular complexity index is 364. The van der Waals surface area contributed by atoms with Gasteiger partial charge in [0.2, 0.25) is 0 Å². The zero-order chi connectivity index (χ0) is 12.1. The number of aryl methyl sites for hydroxylation is 1. The maximum Gasteiger partial charge on any atom is 0.0933 e. The molecule has 1 aliphatic heterocycles. The number of rotatable bonds is 4. The van der Waals surface area contributed by atoms with Crippen molar-refractivity contribution in [1.82, 2.24) is 5.32 Å². The molecule has 4 heteroatoms. The van der Waals surface area contributed by atoms with Gasteiger partial charge in [0.15, 0.2) is 0 Å². The molecule has 1 unspecified atom stereocenters. The number of halogens is 1. The molecule has 1 heterocycles. The zero-order valence-corrected chi connectivity index (χ0v) is 11.6. The molecule has 0 spiro atoms. The van der Waals surface area contributed by atoms with Gasteiger partial charge in [-0.05, 0) is 24.1 Å². The van der Waals surface area contributed by atoms with Gasteiger partial charge in [-0.1, -0.05) is 28.1 Å². The van der Waals surface area contributed by atoms with Gasteiger partial charge in [-0.25, -0.2) is 0 Å². The lowest BCUT2D eigenvalue weighted by atomic mass is 10.1. The van der Waals surface area contributed by atoms with Crippen LogP contribution < -0.4 is 5.32 Å². The molecule has 1 atom stereocenters. The summed E-state index contributed by atoms with van der Waals surface area (Å²) in [6, 6.07) is 6.42. The van der Waals surface area contributed by atoms with Crippen LogP contribution in [0.5, 0.6) is 0 Å². The van der Waals surface area contributed by atoms with E-state index in [1.807, 2.05) is 0 Å². The summed E-state index contributed by atoms with van der Waals surface area (Å²) in [5, 5.41) is 3.39. The molecule has 2 rings (SSSR count). The van der Waals surface area contributed by atoms with Gasteiger partial charge < -0.3 is 14.8 Å². The molecule has 1 fully saturated rings. The second-order valence-corrected chi connectivity index (χ2v) is 5.14. The average Bonchev–Trinajstić information content (AvgIpc) is 2.35. The fraction of sp³-hybridized carbons (Fsp3) is 0.538. The number of hydrogen-bond donors (Lipinski definition) is 1. The Kier molecular flexibility index (Phi) is 4.98. The number of hydrogen-bond acceptors (Lipinski definition) is 3. The van der Waals surface area contributed by atoms with Crippen LogP contribution in [0.3, 0.4) is 0 Å². The molecule has 0 bridgehead atoms. The lowest BCUT2D eigenvalue weighted by Crippen LogP contribution is -2.37. The summed E-state index contributed by atoms with van der Waals surface area (Å²) in [4.78, 5) is 0. The monoisotopic (exact) mass is 299 g/mol. The molecule has 17 heavy (non-hydrogen) atoms. The Morgan fingerprint density at radius 2 is 2.29 bits per heavy atom. The van der Waals surface area contributed by atoms with Gasteiger partial charge in [-0.15, -0.1) is 0 Å². The minimum atomic E-state index is 0.192. The smallest absolute Gasteiger partial charge is 0.0933 e. The predicted molar refractivity (Wildman–Crippen MR) is 71.1 cm³/mol. The van der Waals surface area contributed by atoms with Crippen molar-refractivity contribution >= 4 is 15.9 Å². The summed E-state index contributed by atoms with van der Waals surface area (Å²) in [7, 11) is 0. The van der Waals surface area contributed by atoms with Crippen LogP contribution in [0.4, 0.5) is 0 Å².